The van der Waals surface area contributed by atoms with Crippen LogP contribution in [0.4, 0.5) is 5.82 Å². The highest BCUT2D eigenvalue weighted by atomic mass is 14.8. The van der Waals surface area contributed by atoms with Crippen LogP contribution in [-0.2, 0) is 0 Å². The van der Waals surface area contributed by atoms with E-state index < -0.39 is 0 Å². The molecule has 0 saturated heterocycles. The molecule has 1 rings (SSSR count). The highest BCUT2D eigenvalue weighted by Crippen LogP contribution is 1.81. The molecule has 0 amide bonds. The minimum atomic E-state index is 0.391. The Morgan fingerprint density at radius 3 is 2.86 bits per heavy atom. The zero-order valence-corrected chi connectivity index (χ0v) is 3.68. The topological polar surface area (TPSA) is 38.9 Å². The van der Waals surface area contributed by atoms with E-state index in [0.717, 1.165) is 0 Å². The molecule has 34 valence electrons. The maximum absolute atomic E-state index is 5.16. The van der Waals surface area contributed by atoms with Gasteiger partial charge in [0.2, 0.25) is 0 Å². The average Bonchev–Trinajstić information content (AvgIpc) is 1.69. The van der Waals surface area contributed by atoms with Crippen LogP contribution in [0.25, 0.3) is 0 Å². The maximum Gasteiger partial charge on any atom is 0.176 e. The van der Waals surface area contributed by atoms with Crippen LogP contribution in [0.5, 0.6) is 0 Å². The first-order chi connectivity index (χ1) is 3.39. The summed E-state index contributed by atoms with van der Waals surface area (Å²) >= 11 is 0. The van der Waals surface area contributed by atoms with Gasteiger partial charge in [-0.25, -0.2) is 4.98 Å². The van der Waals surface area contributed by atoms with Gasteiger partial charge in [-0.2, -0.15) is 0 Å². The molecule has 0 aliphatic rings. The van der Waals surface area contributed by atoms with Crippen molar-refractivity contribution in [3.8, 4) is 0 Å². The zero-order chi connectivity index (χ0) is 5.11. The van der Waals surface area contributed by atoms with Crippen LogP contribution in [0.15, 0.2) is 12.3 Å². The smallest absolute Gasteiger partial charge is 0.176 e. The van der Waals surface area contributed by atoms with Gasteiger partial charge in [0.25, 0.3) is 0 Å². The Morgan fingerprint density at radius 2 is 2.57 bits per heavy atom. The minimum absolute atomic E-state index is 0.391. The second kappa shape index (κ2) is 1.48. The van der Waals surface area contributed by atoms with E-state index in [0.29, 0.717) is 5.82 Å². The van der Waals surface area contributed by atoms with Crippen LogP contribution >= 0.6 is 0 Å². The third-order valence-corrected chi connectivity index (χ3v) is 0.572. The standard InChI is InChI=1S/C5H4N2/c6-5-3-1-2-4-7-5/h2,4H,(H2,6,7). The molecule has 0 aliphatic carbocycles. The second-order valence-electron chi connectivity index (χ2n) is 1.10. The fourth-order valence-electron chi connectivity index (χ4n) is 0.303. The molecule has 0 aromatic carbocycles. The van der Waals surface area contributed by atoms with Crippen LogP contribution in [0.2, 0.25) is 0 Å². The molecule has 1 heterocycles. The summed E-state index contributed by atoms with van der Waals surface area (Å²) in [5.74, 6) is 0.391. The summed E-state index contributed by atoms with van der Waals surface area (Å²) in [5, 5.41) is 0. The fourth-order valence-corrected chi connectivity index (χ4v) is 0.303. The molecule has 1 aromatic heterocycles. The Kier molecular flexibility index (Phi) is 0.833. The molecule has 0 atom stereocenters. The third-order valence-electron chi connectivity index (χ3n) is 0.572. The van der Waals surface area contributed by atoms with Gasteiger partial charge in [0, 0.05) is 12.3 Å². The molecule has 0 bridgehead atoms. The van der Waals surface area contributed by atoms with E-state index in [9.17, 15) is 0 Å². The first-order valence-electron chi connectivity index (χ1n) is 1.89. The number of hydrogen-bond acceptors (Lipinski definition) is 2. The molecule has 1 aromatic rings. The van der Waals surface area contributed by atoms with Gasteiger partial charge in [0.05, 0.1) is 0 Å². The number of nitrogen functional groups attached to an aromatic ring is 1. The van der Waals surface area contributed by atoms with E-state index in [4.69, 9.17) is 5.73 Å². The van der Waals surface area contributed by atoms with E-state index in [1.807, 2.05) is 0 Å². The van der Waals surface area contributed by atoms with Gasteiger partial charge in [-0.05, 0) is 6.07 Å². The summed E-state index contributed by atoms with van der Waals surface area (Å²) in [5.41, 5.74) is 5.16. The number of nitrogens with two attached hydrogens (primary N) is 1. The van der Waals surface area contributed by atoms with Crippen LogP contribution in [0.3, 0.4) is 0 Å². The van der Waals surface area contributed by atoms with Crippen LogP contribution in [0, 0.1) is 12.1 Å². The molecular formula is C5H4N2. The lowest BCUT2D eigenvalue weighted by molar-refractivity contribution is 1.35. The summed E-state index contributed by atoms with van der Waals surface area (Å²) in [7, 11) is 0. The van der Waals surface area contributed by atoms with Gasteiger partial charge in [-0.15, -0.1) is 0 Å². The normalized spacial score (nSPS) is 7.43. The Hall–Kier alpha value is -1.23. The summed E-state index contributed by atoms with van der Waals surface area (Å²) in [6.45, 7) is 0. The van der Waals surface area contributed by atoms with Crippen molar-refractivity contribution in [2.75, 3.05) is 5.73 Å². The molecule has 0 unspecified atom stereocenters. The summed E-state index contributed by atoms with van der Waals surface area (Å²) < 4.78 is 0. The van der Waals surface area contributed by atoms with Crippen LogP contribution in [-0.4, -0.2) is 4.98 Å². The molecule has 0 radical (unpaired) electrons. The Morgan fingerprint density at radius 1 is 1.71 bits per heavy atom. The number of rotatable bonds is 0. The van der Waals surface area contributed by atoms with Crippen LogP contribution in [0.1, 0.15) is 0 Å². The monoisotopic (exact) mass is 92.0 g/mol. The largest absolute Gasteiger partial charge is 0.377 e. The van der Waals surface area contributed by atoms with Gasteiger partial charge in [-0.1, -0.05) is 6.07 Å². The van der Waals surface area contributed by atoms with Crippen molar-refractivity contribution in [1.82, 2.24) is 4.98 Å². The van der Waals surface area contributed by atoms with E-state index in [1.54, 1.807) is 12.3 Å². The molecule has 0 fully saturated rings. The Bertz CT molecular complexity index is 136. The van der Waals surface area contributed by atoms with Crippen molar-refractivity contribution in [3.63, 3.8) is 0 Å². The molecule has 0 spiro atoms. The molecule has 7 heavy (non-hydrogen) atoms. The SMILES string of the molecule is Nc1c#cccn1. The highest BCUT2D eigenvalue weighted by molar-refractivity contribution is 5.18. The van der Waals surface area contributed by atoms with E-state index >= 15 is 0 Å². The molecule has 2 nitrogen and oxygen atoms in total. The van der Waals surface area contributed by atoms with Crippen molar-refractivity contribution in [2.45, 2.75) is 0 Å². The zero-order valence-electron chi connectivity index (χ0n) is 3.68. The van der Waals surface area contributed by atoms with Gasteiger partial charge in [0.1, 0.15) is 0 Å². The molecule has 0 saturated carbocycles. The Balaban J connectivity index is 3.02. The van der Waals surface area contributed by atoms with Gasteiger partial charge < -0.3 is 5.73 Å². The van der Waals surface area contributed by atoms with Crippen LogP contribution < -0.4 is 5.73 Å². The Labute approximate surface area is 42.0 Å². The van der Waals surface area contributed by atoms with E-state index in [-0.39, 0.29) is 0 Å². The molecule has 0 aliphatic heterocycles. The van der Waals surface area contributed by atoms with Gasteiger partial charge in [-0.3, -0.25) is 0 Å². The minimum Gasteiger partial charge on any atom is -0.377 e. The summed E-state index contributed by atoms with van der Waals surface area (Å²) in [6, 6.07) is 6.87. The lowest BCUT2D eigenvalue weighted by atomic mass is 10.6. The van der Waals surface area contributed by atoms with E-state index in [1.165, 1.54) is 0 Å². The number of hydrogen-bond donors (Lipinski definition) is 1. The predicted molar refractivity (Wildman–Crippen MR) is 26.3 cm³/mol. The number of anilines is 1. The molecule has 2 N–H and O–H groups in total. The quantitative estimate of drug-likeness (QED) is 0.498. The van der Waals surface area contributed by atoms with Crippen molar-refractivity contribution in [1.29, 1.82) is 0 Å². The molecular weight excluding hydrogens is 88.1 g/mol. The maximum atomic E-state index is 5.16. The highest BCUT2D eigenvalue weighted by Gasteiger charge is 1.70. The number of nitrogens with zero attached hydrogens (tertiary/aromatic N) is 1. The average molecular weight is 92.1 g/mol. The lowest BCUT2D eigenvalue weighted by Crippen LogP contribution is -1.83. The van der Waals surface area contributed by atoms with E-state index in [2.05, 4.69) is 17.1 Å². The van der Waals surface area contributed by atoms with Gasteiger partial charge >= 0.3 is 0 Å². The van der Waals surface area contributed by atoms with Crippen molar-refractivity contribution in [3.05, 3.63) is 24.4 Å². The van der Waals surface area contributed by atoms with Gasteiger partial charge in [0.15, 0.2) is 5.82 Å². The first-order valence-corrected chi connectivity index (χ1v) is 1.89. The van der Waals surface area contributed by atoms with Crippen molar-refractivity contribution >= 4 is 5.82 Å². The first kappa shape index (κ1) is 3.94. The van der Waals surface area contributed by atoms with Crippen molar-refractivity contribution in [2.24, 2.45) is 0 Å². The molecule has 2 heteroatoms. The van der Waals surface area contributed by atoms with Crippen molar-refractivity contribution < 1.29 is 0 Å². The summed E-state index contributed by atoms with van der Waals surface area (Å²) in [6.07, 6.45) is 1.58. The number of aromatic nitrogens is 1. The predicted octanol–water partition coefficient (Wildman–Crippen LogP) is 0.264. The third kappa shape index (κ3) is 0.799. The summed E-state index contributed by atoms with van der Waals surface area (Å²) in [4.78, 5) is 3.67. The second-order valence-corrected chi connectivity index (χ2v) is 1.10. The fraction of sp³-hybridized carbons (Fsp3) is 0. The lowest BCUT2D eigenvalue weighted by Gasteiger charge is -1.76.